The standard InChI is InChI=1S/C22H21FN4O/c1-13(2)22-26-21(27-28-22)18-11-16-8-4-6-14(3)19(16)25-20(18)24-12-15-7-5-9-17(23)10-15/h4-11,13H,12H2,1-3H3,(H,24,25). The first-order valence-electron chi connectivity index (χ1n) is 9.24. The molecule has 4 aromatic rings. The molecule has 4 rings (SSSR count). The number of halogens is 1. The van der Waals surface area contributed by atoms with Crippen LogP contribution in [0.4, 0.5) is 10.2 Å². The molecule has 28 heavy (non-hydrogen) atoms. The molecule has 0 bridgehead atoms. The Balaban J connectivity index is 1.78. The molecule has 0 spiro atoms. The third-order valence-corrected chi connectivity index (χ3v) is 4.57. The maximum Gasteiger partial charge on any atom is 0.229 e. The predicted octanol–water partition coefficient (Wildman–Crippen LogP) is 5.47. The molecule has 0 aliphatic carbocycles. The Labute approximate surface area is 162 Å². The summed E-state index contributed by atoms with van der Waals surface area (Å²) in [7, 11) is 0. The summed E-state index contributed by atoms with van der Waals surface area (Å²) in [5.41, 5.74) is 3.56. The number of rotatable bonds is 5. The highest BCUT2D eigenvalue weighted by molar-refractivity contribution is 5.89. The van der Waals surface area contributed by atoms with Crippen molar-refractivity contribution < 1.29 is 8.91 Å². The van der Waals surface area contributed by atoms with Gasteiger partial charge in [0.2, 0.25) is 11.7 Å². The van der Waals surface area contributed by atoms with Crippen LogP contribution in [0.2, 0.25) is 0 Å². The summed E-state index contributed by atoms with van der Waals surface area (Å²) in [4.78, 5) is 9.34. The lowest BCUT2D eigenvalue weighted by atomic mass is 10.1. The Bertz CT molecular complexity index is 1140. The van der Waals surface area contributed by atoms with Crippen molar-refractivity contribution in [2.45, 2.75) is 33.2 Å². The highest BCUT2D eigenvalue weighted by Gasteiger charge is 2.17. The normalized spacial score (nSPS) is 11.3. The second-order valence-corrected chi connectivity index (χ2v) is 7.13. The average molecular weight is 376 g/mol. The summed E-state index contributed by atoms with van der Waals surface area (Å²) in [5, 5.41) is 8.46. The number of para-hydroxylation sites is 1. The van der Waals surface area contributed by atoms with Gasteiger partial charge in [-0.25, -0.2) is 9.37 Å². The monoisotopic (exact) mass is 376 g/mol. The molecule has 0 unspecified atom stereocenters. The van der Waals surface area contributed by atoms with Gasteiger partial charge in [-0.05, 0) is 36.2 Å². The third-order valence-electron chi connectivity index (χ3n) is 4.57. The van der Waals surface area contributed by atoms with E-state index in [0.717, 1.165) is 27.6 Å². The average Bonchev–Trinajstić information content (AvgIpc) is 3.17. The van der Waals surface area contributed by atoms with Gasteiger partial charge in [0.05, 0.1) is 11.1 Å². The number of nitrogens with zero attached hydrogens (tertiary/aromatic N) is 3. The molecule has 0 aliphatic heterocycles. The molecule has 0 amide bonds. The molecule has 0 fully saturated rings. The Morgan fingerprint density at radius 1 is 1.07 bits per heavy atom. The fourth-order valence-corrected chi connectivity index (χ4v) is 3.06. The highest BCUT2D eigenvalue weighted by Crippen LogP contribution is 2.30. The number of hydrogen-bond acceptors (Lipinski definition) is 5. The smallest absolute Gasteiger partial charge is 0.229 e. The van der Waals surface area contributed by atoms with Gasteiger partial charge in [-0.1, -0.05) is 49.3 Å². The van der Waals surface area contributed by atoms with Gasteiger partial charge in [0.15, 0.2) is 0 Å². The number of nitrogens with one attached hydrogen (secondary N) is 1. The van der Waals surface area contributed by atoms with Gasteiger partial charge in [0, 0.05) is 17.8 Å². The highest BCUT2D eigenvalue weighted by atomic mass is 19.1. The molecule has 0 saturated carbocycles. The topological polar surface area (TPSA) is 63.8 Å². The molecular weight excluding hydrogens is 355 g/mol. The lowest BCUT2D eigenvalue weighted by Crippen LogP contribution is -2.04. The van der Waals surface area contributed by atoms with Crippen molar-refractivity contribution in [2.75, 3.05) is 5.32 Å². The molecule has 5 nitrogen and oxygen atoms in total. The van der Waals surface area contributed by atoms with Crippen LogP contribution in [0.25, 0.3) is 22.3 Å². The number of pyridine rings is 1. The zero-order chi connectivity index (χ0) is 19.7. The number of aryl methyl sites for hydroxylation is 1. The van der Waals surface area contributed by atoms with Crippen LogP contribution in [0, 0.1) is 12.7 Å². The second kappa shape index (κ2) is 7.38. The first kappa shape index (κ1) is 18.1. The van der Waals surface area contributed by atoms with Crippen molar-refractivity contribution >= 4 is 16.7 Å². The Kier molecular flexibility index (Phi) is 4.77. The molecule has 2 heterocycles. The number of anilines is 1. The summed E-state index contributed by atoms with van der Waals surface area (Å²) >= 11 is 0. The third kappa shape index (κ3) is 3.58. The van der Waals surface area contributed by atoms with Crippen LogP contribution < -0.4 is 5.32 Å². The Morgan fingerprint density at radius 2 is 1.89 bits per heavy atom. The fourth-order valence-electron chi connectivity index (χ4n) is 3.06. The predicted molar refractivity (Wildman–Crippen MR) is 108 cm³/mol. The largest absolute Gasteiger partial charge is 0.365 e. The Hall–Kier alpha value is -3.28. The van der Waals surface area contributed by atoms with E-state index in [1.165, 1.54) is 12.1 Å². The zero-order valence-electron chi connectivity index (χ0n) is 16.0. The van der Waals surface area contributed by atoms with Crippen LogP contribution >= 0.6 is 0 Å². The van der Waals surface area contributed by atoms with Crippen LogP contribution in [0.1, 0.15) is 36.8 Å². The van der Waals surface area contributed by atoms with Gasteiger partial charge >= 0.3 is 0 Å². The molecule has 2 aromatic heterocycles. The molecule has 142 valence electrons. The van der Waals surface area contributed by atoms with E-state index >= 15 is 0 Å². The molecule has 6 heteroatoms. The minimum Gasteiger partial charge on any atom is -0.365 e. The molecular formula is C22H21FN4O. The van der Waals surface area contributed by atoms with E-state index in [0.29, 0.717) is 24.1 Å². The van der Waals surface area contributed by atoms with Crippen LogP contribution in [0.15, 0.2) is 53.1 Å². The lowest BCUT2D eigenvalue weighted by molar-refractivity contribution is 0.365. The van der Waals surface area contributed by atoms with Gasteiger partial charge < -0.3 is 9.84 Å². The summed E-state index contributed by atoms with van der Waals surface area (Å²) in [6.07, 6.45) is 0. The van der Waals surface area contributed by atoms with Crippen LogP contribution in [-0.2, 0) is 6.54 Å². The summed E-state index contributed by atoms with van der Waals surface area (Å²) < 4.78 is 18.9. The van der Waals surface area contributed by atoms with E-state index in [9.17, 15) is 4.39 Å². The molecule has 0 atom stereocenters. The second-order valence-electron chi connectivity index (χ2n) is 7.13. The number of fused-ring (bicyclic) bond motifs is 1. The number of aromatic nitrogens is 3. The van der Waals surface area contributed by atoms with Gasteiger partial charge in [0.25, 0.3) is 0 Å². The van der Waals surface area contributed by atoms with Crippen molar-refractivity contribution in [3.05, 3.63) is 71.4 Å². The van der Waals surface area contributed by atoms with Crippen LogP contribution in [0.3, 0.4) is 0 Å². The maximum absolute atomic E-state index is 13.5. The molecule has 1 N–H and O–H groups in total. The van der Waals surface area contributed by atoms with Crippen LogP contribution in [-0.4, -0.2) is 15.1 Å². The number of hydrogen-bond donors (Lipinski definition) is 1. The molecule has 0 saturated heterocycles. The molecule has 2 aromatic carbocycles. The van der Waals surface area contributed by atoms with E-state index in [-0.39, 0.29) is 11.7 Å². The fraction of sp³-hybridized carbons (Fsp3) is 0.227. The van der Waals surface area contributed by atoms with Gasteiger partial charge in [-0.15, -0.1) is 0 Å². The van der Waals surface area contributed by atoms with E-state index in [1.807, 2.05) is 51.1 Å². The summed E-state index contributed by atoms with van der Waals surface area (Å²) in [6.45, 7) is 6.46. The number of benzene rings is 2. The van der Waals surface area contributed by atoms with Crippen molar-refractivity contribution in [3.8, 4) is 11.4 Å². The van der Waals surface area contributed by atoms with Gasteiger partial charge in [0.1, 0.15) is 11.6 Å². The van der Waals surface area contributed by atoms with E-state index < -0.39 is 0 Å². The Morgan fingerprint density at radius 3 is 2.64 bits per heavy atom. The lowest BCUT2D eigenvalue weighted by Gasteiger charge is -2.12. The van der Waals surface area contributed by atoms with Gasteiger partial charge in [-0.2, -0.15) is 4.98 Å². The maximum atomic E-state index is 13.5. The zero-order valence-corrected chi connectivity index (χ0v) is 16.0. The van der Waals surface area contributed by atoms with Crippen molar-refractivity contribution in [1.29, 1.82) is 0 Å². The van der Waals surface area contributed by atoms with Crippen molar-refractivity contribution in [3.63, 3.8) is 0 Å². The summed E-state index contributed by atoms with van der Waals surface area (Å²) in [6, 6.07) is 14.5. The van der Waals surface area contributed by atoms with Crippen molar-refractivity contribution in [1.82, 2.24) is 15.1 Å². The first-order chi connectivity index (χ1) is 13.5. The first-order valence-corrected chi connectivity index (χ1v) is 9.24. The van der Waals surface area contributed by atoms with Crippen LogP contribution in [0.5, 0.6) is 0 Å². The van der Waals surface area contributed by atoms with Gasteiger partial charge in [-0.3, -0.25) is 0 Å². The van der Waals surface area contributed by atoms with E-state index in [1.54, 1.807) is 6.07 Å². The molecule has 0 aliphatic rings. The van der Waals surface area contributed by atoms with Crippen molar-refractivity contribution in [2.24, 2.45) is 0 Å². The van der Waals surface area contributed by atoms with E-state index in [4.69, 9.17) is 9.51 Å². The SMILES string of the molecule is Cc1cccc2cc(-c3noc(C(C)C)n3)c(NCc3cccc(F)c3)nc12. The minimum absolute atomic E-state index is 0.139. The quantitative estimate of drug-likeness (QED) is 0.500. The summed E-state index contributed by atoms with van der Waals surface area (Å²) in [5.74, 6) is 1.58. The minimum atomic E-state index is -0.262. The van der Waals surface area contributed by atoms with E-state index in [2.05, 4.69) is 15.5 Å². The molecule has 0 radical (unpaired) electrons.